The molecule has 0 spiro atoms. The first-order valence-corrected chi connectivity index (χ1v) is 10.1. The lowest BCUT2D eigenvalue weighted by Crippen LogP contribution is -2.46. The Labute approximate surface area is 172 Å². The molecule has 0 bridgehead atoms. The summed E-state index contributed by atoms with van der Waals surface area (Å²) in [6.45, 7) is 8.58. The first kappa shape index (κ1) is 21.0. The van der Waals surface area contributed by atoms with Crippen molar-refractivity contribution in [2.45, 2.75) is 46.2 Å². The van der Waals surface area contributed by atoms with E-state index in [2.05, 4.69) is 46.1 Å². The van der Waals surface area contributed by atoms with Crippen molar-refractivity contribution in [1.29, 1.82) is 0 Å². The number of carbonyl (C=O) groups is 1. The number of hydrogen-bond acceptors (Lipinski definition) is 6. The van der Waals surface area contributed by atoms with Gasteiger partial charge in [-0.05, 0) is 39.2 Å². The number of nitrogens with two attached hydrogens (primary N) is 1. The van der Waals surface area contributed by atoms with E-state index in [4.69, 9.17) is 10.5 Å². The van der Waals surface area contributed by atoms with Gasteiger partial charge in [-0.1, -0.05) is 29.8 Å². The van der Waals surface area contributed by atoms with Crippen molar-refractivity contribution in [2.75, 3.05) is 32.5 Å². The Morgan fingerprint density at radius 1 is 1.21 bits per heavy atom. The summed E-state index contributed by atoms with van der Waals surface area (Å²) in [4.78, 5) is 25.2. The number of likely N-dealkylation sites (N-methyl/N-ethyl adjacent to an activating group) is 1. The number of amides is 1. The fourth-order valence-corrected chi connectivity index (χ4v) is 3.72. The number of carbonyl (C=O) groups excluding carboxylic acids is 1. The predicted octanol–water partition coefficient (Wildman–Crippen LogP) is 2.49. The van der Waals surface area contributed by atoms with Crippen LogP contribution in [0.3, 0.4) is 0 Å². The Hall–Kier alpha value is -2.67. The van der Waals surface area contributed by atoms with E-state index in [1.807, 2.05) is 7.05 Å². The summed E-state index contributed by atoms with van der Waals surface area (Å²) >= 11 is 0. The molecule has 1 amide bonds. The molecule has 2 aromatic rings. The number of benzene rings is 1. The summed E-state index contributed by atoms with van der Waals surface area (Å²) in [6.07, 6.45) is 1.93. The number of nitrogen functional groups attached to an aromatic ring is 1. The highest BCUT2D eigenvalue weighted by molar-refractivity contribution is 5.77. The molecule has 29 heavy (non-hydrogen) atoms. The van der Waals surface area contributed by atoms with Gasteiger partial charge < -0.3 is 15.4 Å². The van der Waals surface area contributed by atoms with Gasteiger partial charge in [0.15, 0.2) is 6.61 Å². The third kappa shape index (κ3) is 5.44. The van der Waals surface area contributed by atoms with Crippen molar-refractivity contribution >= 4 is 11.6 Å². The van der Waals surface area contributed by atoms with Crippen molar-refractivity contribution in [3.63, 3.8) is 0 Å². The van der Waals surface area contributed by atoms with Gasteiger partial charge in [0.1, 0.15) is 0 Å². The molecule has 1 aliphatic rings. The van der Waals surface area contributed by atoms with Gasteiger partial charge in [0, 0.05) is 32.7 Å². The normalized spacial score (nSPS) is 15.3. The molecule has 156 valence electrons. The van der Waals surface area contributed by atoms with Crippen LogP contribution in [0, 0.1) is 20.8 Å². The van der Waals surface area contributed by atoms with Gasteiger partial charge in [0.05, 0.1) is 17.1 Å². The van der Waals surface area contributed by atoms with Crippen molar-refractivity contribution < 1.29 is 9.53 Å². The van der Waals surface area contributed by atoms with Crippen LogP contribution in [0.5, 0.6) is 6.01 Å². The van der Waals surface area contributed by atoms with Gasteiger partial charge in [-0.2, -0.15) is 9.97 Å². The number of anilines is 1. The molecule has 1 aliphatic heterocycles. The van der Waals surface area contributed by atoms with Crippen molar-refractivity contribution in [1.82, 2.24) is 19.8 Å². The lowest BCUT2D eigenvalue weighted by molar-refractivity contribution is -0.135. The molecule has 2 heterocycles. The SMILES string of the molecule is Cc1cccc(CN2CCC(N(C)C(=O)COc3nc(C)c(N)c(C)n3)CC2)c1. The summed E-state index contributed by atoms with van der Waals surface area (Å²) in [5.74, 6) is -0.0575. The maximum atomic E-state index is 12.6. The summed E-state index contributed by atoms with van der Waals surface area (Å²) in [5, 5.41) is 0. The van der Waals surface area contributed by atoms with E-state index in [9.17, 15) is 4.79 Å². The molecule has 1 fully saturated rings. The topological polar surface area (TPSA) is 84.6 Å². The smallest absolute Gasteiger partial charge is 0.317 e. The molecule has 0 radical (unpaired) electrons. The van der Waals surface area contributed by atoms with Gasteiger partial charge in [0.25, 0.3) is 5.91 Å². The molecular formula is C22H31N5O2. The Bertz CT molecular complexity index is 839. The average molecular weight is 398 g/mol. The first-order chi connectivity index (χ1) is 13.8. The fourth-order valence-electron chi connectivity index (χ4n) is 3.72. The number of aryl methyl sites for hydroxylation is 3. The highest BCUT2D eigenvalue weighted by Gasteiger charge is 2.25. The first-order valence-electron chi connectivity index (χ1n) is 10.1. The maximum Gasteiger partial charge on any atom is 0.317 e. The molecule has 3 rings (SSSR count). The van der Waals surface area contributed by atoms with Crippen LogP contribution in [0.1, 0.15) is 35.4 Å². The van der Waals surface area contributed by atoms with Gasteiger partial charge in [-0.15, -0.1) is 0 Å². The van der Waals surface area contributed by atoms with Gasteiger partial charge in [0.2, 0.25) is 0 Å². The summed E-state index contributed by atoms with van der Waals surface area (Å²) in [5.41, 5.74) is 10.4. The average Bonchev–Trinajstić information content (AvgIpc) is 2.70. The summed E-state index contributed by atoms with van der Waals surface area (Å²) in [6, 6.07) is 9.07. The third-order valence-electron chi connectivity index (χ3n) is 5.62. The van der Waals surface area contributed by atoms with Gasteiger partial charge in [-0.3, -0.25) is 9.69 Å². The summed E-state index contributed by atoms with van der Waals surface area (Å²) < 4.78 is 5.53. The van der Waals surface area contributed by atoms with Crippen molar-refractivity contribution in [3.05, 3.63) is 46.8 Å². The van der Waals surface area contributed by atoms with Crippen LogP contribution in [0.4, 0.5) is 5.69 Å². The maximum absolute atomic E-state index is 12.6. The zero-order valence-corrected chi connectivity index (χ0v) is 17.8. The van der Waals surface area contributed by atoms with Crippen LogP contribution in [0.25, 0.3) is 0 Å². The van der Waals surface area contributed by atoms with Crippen LogP contribution in [-0.2, 0) is 11.3 Å². The van der Waals surface area contributed by atoms with E-state index in [-0.39, 0.29) is 24.6 Å². The highest BCUT2D eigenvalue weighted by Crippen LogP contribution is 2.19. The van der Waals surface area contributed by atoms with Gasteiger partial charge in [-0.25, -0.2) is 0 Å². The van der Waals surface area contributed by atoms with Crippen LogP contribution >= 0.6 is 0 Å². The van der Waals surface area contributed by atoms with E-state index in [0.29, 0.717) is 17.1 Å². The molecule has 0 aliphatic carbocycles. The lowest BCUT2D eigenvalue weighted by Gasteiger charge is -2.36. The second-order valence-electron chi connectivity index (χ2n) is 7.88. The quantitative estimate of drug-likeness (QED) is 0.806. The molecular weight excluding hydrogens is 366 g/mol. The minimum Gasteiger partial charge on any atom is -0.453 e. The highest BCUT2D eigenvalue weighted by atomic mass is 16.5. The molecule has 2 N–H and O–H groups in total. The number of rotatable bonds is 6. The molecule has 0 atom stereocenters. The van der Waals surface area contributed by atoms with Crippen LogP contribution < -0.4 is 10.5 Å². The number of ether oxygens (including phenoxy) is 1. The third-order valence-corrected chi connectivity index (χ3v) is 5.62. The van der Waals surface area contributed by atoms with Gasteiger partial charge >= 0.3 is 6.01 Å². The minimum absolute atomic E-state index is 0.0575. The molecule has 1 aromatic heterocycles. The number of piperidine rings is 1. The lowest BCUT2D eigenvalue weighted by atomic mass is 10.0. The van der Waals surface area contributed by atoms with Crippen LogP contribution in [0.2, 0.25) is 0 Å². The van der Waals surface area contributed by atoms with Crippen LogP contribution in [0.15, 0.2) is 24.3 Å². The van der Waals surface area contributed by atoms with E-state index >= 15 is 0 Å². The Morgan fingerprint density at radius 2 is 1.86 bits per heavy atom. The van der Waals surface area contributed by atoms with E-state index in [1.165, 1.54) is 11.1 Å². The van der Waals surface area contributed by atoms with Crippen molar-refractivity contribution in [2.24, 2.45) is 0 Å². The standard InChI is InChI=1S/C22H31N5O2/c1-15-6-5-7-18(12-15)13-27-10-8-19(9-11-27)26(4)20(28)14-29-22-24-16(2)21(23)17(3)25-22/h5-7,12,19H,8-11,13-14,23H2,1-4H3. The second-order valence-corrected chi connectivity index (χ2v) is 7.88. The molecule has 1 aromatic carbocycles. The molecule has 0 unspecified atom stereocenters. The minimum atomic E-state index is -0.0667. The predicted molar refractivity (Wildman–Crippen MR) is 114 cm³/mol. The zero-order valence-electron chi connectivity index (χ0n) is 17.8. The monoisotopic (exact) mass is 397 g/mol. The molecule has 7 heteroatoms. The van der Waals surface area contributed by atoms with E-state index in [1.54, 1.807) is 18.7 Å². The molecule has 7 nitrogen and oxygen atoms in total. The largest absolute Gasteiger partial charge is 0.453 e. The number of nitrogens with zero attached hydrogens (tertiary/aromatic N) is 4. The summed E-state index contributed by atoms with van der Waals surface area (Å²) in [7, 11) is 1.85. The van der Waals surface area contributed by atoms with Crippen molar-refractivity contribution in [3.8, 4) is 6.01 Å². The number of aromatic nitrogens is 2. The number of likely N-dealkylation sites (tertiary alicyclic amines) is 1. The van der Waals surface area contributed by atoms with E-state index in [0.717, 1.165) is 32.5 Å². The Kier molecular flexibility index (Phi) is 6.69. The fraction of sp³-hybridized carbons (Fsp3) is 0.500. The Morgan fingerprint density at radius 3 is 2.48 bits per heavy atom. The molecule has 0 saturated carbocycles. The van der Waals surface area contributed by atoms with E-state index < -0.39 is 0 Å². The molecule has 1 saturated heterocycles. The number of hydrogen-bond donors (Lipinski definition) is 1. The van der Waals surface area contributed by atoms with Crippen LogP contribution in [-0.4, -0.2) is 58.5 Å². The zero-order chi connectivity index (χ0) is 21.0. The Balaban J connectivity index is 1.47. The second kappa shape index (κ2) is 9.22.